The van der Waals surface area contributed by atoms with Crippen LogP contribution in [0.1, 0.15) is 6.92 Å². The molecular formula is C14H10F2O3. The average molecular weight is 264 g/mol. The molecule has 0 radical (unpaired) electrons. The number of halogens is 2. The van der Waals surface area contributed by atoms with E-state index in [-0.39, 0.29) is 17.1 Å². The third-order valence-corrected chi connectivity index (χ3v) is 2.46. The zero-order valence-corrected chi connectivity index (χ0v) is 9.98. The average Bonchev–Trinajstić information content (AvgIpc) is 2.32. The van der Waals surface area contributed by atoms with E-state index in [1.165, 1.54) is 31.2 Å². The molecule has 0 fully saturated rings. The van der Waals surface area contributed by atoms with Crippen molar-refractivity contribution in [1.82, 2.24) is 0 Å². The highest BCUT2D eigenvalue weighted by Gasteiger charge is 2.11. The number of hydrogen-bond acceptors (Lipinski definition) is 3. The second-order valence-electron chi connectivity index (χ2n) is 3.90. The first-order chi connectivity index (χ1) is 8.97. The predicted molar refractivity (Wildman–Crippen MR) is 64.8 cm³/mol. The molecule has 2 rings (SSSR count). The van der Waals surface area contributed by atoms with Gasteiger partial charge in [-0.15, -0.1) is 0 Å². The van der Waals surface area contributed by atoms with Crippen molar-refractivity contribution in [2.75, 3.05) is 0 Å². The van der Waals surface area contributed by atoms with Gasteiger partial charge in [-0.3, -0.25) is 4.79 Å². The summed E-state index contributed by atoms with van der Waals surface area (Å²) in [6.45, 7) is 1.19. The number of ether oxygens (including phenoxy) is 1. The lowest BCUT2D eigenvalue weighted by atomic mass is 10.0. The van der Waals surface area contributed by atoms with Gasteiger partial charge < -0.3 is 9.84 Å². The van der Waals surface area contributed by atoms with Gasteiger partial charge in [-0.1, -0.05) is 6.07 Å². The van der Waals surface area contributed by atoms with Crippen molar-refractivity contribution in [1.29, 1.82) is 0 Å². The third-order valence-electron chi connectivity index (χ3n) is 2.46. The summed E-state index contributed by atoms with van der Waals surface area (Å²) in [5.41, 5.74) is 0.515. The fourth-order valence-electron chi connectivity index (χ4n) is 1.64. The molecule has 3 nitrogen and oxygen atoms in total. The molecule has 98 valence electrons. The first kappa shape index (κ1) is 13.0. The molecule has 5 heteroatoms. The third kappa shape index (κ3) is 2.88. The van der Waals surface area contributed by atoms with Crippen LogP contribution < -0.4 is 4.74 Å². The number of carbonyl (C=O) groups is 1. The van der Waals surface area contributed by atoms with Crippen LogP contribution in [0.3, 0.4) is 0 Å². The highest BCUT2D eigenvalue weighted by Crippen LogP contribution is 2.33. The van der Waals surface area contributed by atoms with Crippen LogP contribution in [0.5, 0.6) is 11.5 Å². The second-order valence-corrected chi connectivity index (χ2v) is 3.90. The molecule has 0 aliphatic heterocycles. The Morgan fingerprint density at radius 3 is 2.53 bits per heavy atom. The number of phenolic OH excluding ortho intramolecular Hbond substituents is 1. The van der Waals surface area contributed by atoms with E-state index in [4.69, 9.17) is 4.74 Å². The van der Waals surface area contributed by atoms with Crippen molar-refractivity contribution in [3.8, 4) is 22.6 Å². The molecule has 19 heavy (non-hydrogen) atoms. The van der Waals surface area contributed by atoms with Crippen molar-refractivity contribution >= 4 is 5.97 Å². The number of aromatic hydroxyl groups is 1. The van der Waals surface area contributed by atoms with E-state index in [2.05, 4.69) is 0 Å². The van der Waals surface area contributed by atoms with E-state index in [1.54, 1.807) is 0 Å². The number of carbonyl (C=O) groups excluding carboxylic acids is 1. The molecule has 0 heterocycles. The smallest absolute Gasteiger partial charge is 0.308 e. The molecule has 0 aromatic heterocycles. The Kier molecular flexibility index (Phi) is 3.46. The summed E-state index contributed by atoms with van der Waals surface area (Å²) in [6.07, 6.45) is 0. The van der Waals surface area contributed by atoms with Gasteiger partial charge in [0.15, 0.2) is 11.5 Å². The van der Waals surface area contributed by atoms with Crippen molar-refractivity contribution in [3.05, 3.63) is 48.0 Å². The zero-order valence-electron chi connectivity index (χ0n) is 9.98. The van der Waals surface area contributed by atoms with Crippen molar-refractivity contribution in [2.24, 2.45) is 0 Å². The predicted octanol–water partition coefficient (Wildman–Crippen LogP) is 3.26. The molecule has 0 saturated heterocycles. The fourth-order valence-corrected chi connectivity index (χ4v) is 1.64. The molecule has 1 N–H and O–H groups in total. The number of phenols is 1. The maximum absolute atomic E-state index is 13.6. The molecule has 0 atom stereocenters. The molecule has 2 aromatic rings. The molecular weight excluding hydrogens is 254 g/mol. The topological polar surface area (TPSA) is 46.5 Å². The summed E-state index contributed by atoms with van der Waals surface area (Å²) in [5.74, 6) is -2.33. The number of rotatable bonds is 2. The first-order valence-electron chi connectivity index (χ1n) is 5.44. The Bertz CT molecular complexity index is 639. The van der Waals surface area contributed by atoms with Gasteiger partial charge >= 0.3 is 5.97 Å². The Labute approximate surface area is 108 Å². The van der Waals surface area contributed by atoms with Crippen LogP contribution in [0.25, 0.3) is 11.1 Å². The summed E-state index contributed by atoms with van der Waals surface area (Å²) in [5, 5.41) is 9.51. The minimum atomic E-state index is -0.737. The summed E-state index contributed by atoms with van der Waals surface area (Å²) >= 11 is 0. The summed E-state index contributed by atoms with van der Waals surface area (Å²) in [6, 6.07) is 7.18. The second kappa shape index (κ2) is 5.06. The van der Waals surface area contributed by atoms with Gasteiger partial charge in [0.25, 0.3) is 0 Å². The highest BCUT2D eigenvalue weighted by atomic mass is 19.1. The Morgan fingerprint density at radius 2 is 1.89 bits per heavy atom. The lowest BCUT2D eigenvalue weighted by molar-refractivity contribution is -0.132. The monoisotopic (exact) mass is 264 g/mol. The molecule has 0 aliphatic carbocycles. The molecule has 0 aliphatic rings. The number of benzene rings is 2. The summed E-state index contributed by atoms with van der Waals surface area (Å²) < 4.78 is 31.2. The van der Waals surface area contributed by atoms with Gasteiger partial charge in [-0.2, -0.15) is 0 Å². The number of hydrogen-bond donors (Lipinski definition) is 1. The van der Waals surface area contributed by atoms with E-state index >= 15 is 0 Å². The van der Waals surface area contributed by atoms with Gasteiger partial charge in [-0.05, 0) is 29.8 Å². The Hall–Kier alpha value is -2.43. The van der Waals surface area contributed by atoms with Gasteiger partial charge in [0.05, 0.1) is 0 Å². The molecule has 0 unspecified atom stereocenters. The Balaban J connectivity index is 2.48. The van der Waals surface area contributed by atoms with Gasteiger partial charge in [0.1, 0.15) is 11.6 Å². The van der Waals surface area contributed by atoms with Gasteiger partial charge in [0.2, 0.25) is 0 Å². The first-order valence-corrected chi connectivity index (χ1v) is 5.44. The minimum absolute atomic E-state index is 0.0753. The van der Waals surface area contributed by atoms with Gasteiger partial charge in [-0.25, -0.2) is 8.78 Å². The van der Waals surface area contributed by atoms with Crippen LogP contribution in [0.15, 0.2) is 36.4 Å². The Morgan fingerprint density at radius 1 is 1.16 bits per heavy atom. The quantitative estimate of drug-likeness (QED) is 0.669. The van der Waals surface area contributed by atoms with Crippen LogP contribution in [0.4, 0.5) is 8.78 Å². The van der Waals surface area contributed by atoms with Crippen molar-refractivity contribution < 1.29 is 23.4 Å². The lowest BCUT2D eigenvalue weighted by Gasteiger charge is -2.08. The number of esters is 1. The van der Waals surface area contributed by atoms with Crippen LogP contribution in [0, 0.1) is 11.6 Å². The normalized spacial score (nSPS) is 10.3. The fraction of sp³-hybridized carbons (Fsp3) is 0.0714. The molecule has 2 aromatic carbocycles. The summed E-state index contributed by atoms with van der Waals surface area (Å²) in [4.78, 5) is 10.9. The maximum atomic E-state index is 13.6. The SMILES string of the molecule is CC(=O)Oc1cc(-c2ccc(F)cc2F)ccc1O. The van der Waals surface area contributed by atoms with Crippen LogP contribution in [-0.4, -0.2) is 11.1 Å². The van der Waals surface area contributed by atoms with Crippen molar-refractivity contribution in [3.63, 3.8) is 0 Å². The standard InChI is InChI=1S/C14H10F2O3/c1-8(17)19-14-6-9(2-5-13(14)18)11-4-3-10(15)7-12(11)16/h2-7,18H,1H3. The largest absolute Gasteiger partial charge is 0.504 e. The maximum Gasteiger partial charge on any atom is 0.308 e. The van der Waals surface area contributed by atoms with E-state index in [9.17, 15) is 18.7 Å². The molecule has 0 amide bonds. The minimum Gasteiger partial charge on any atom is -0.504 e. The van der Waals surface area contributed by atoms with E-state index in [0.29, 0.717) is 5.56 Å². The lowest BCUT2D eigenvalue weighted by Crippen LogP contribution is -2.01. The highest BCUT2D eigenvalue weighted by molar-refractivity contribution is 5.73. The van der Waals surface area contributed by atoms with Crippen molar-refractivity contribution in [2.45, 2.75) is 6.92 Å². The van der Waals surface area contributed by atoms with Gasteiger partial charge in [0, 0.05) is 18.6 Å². The molecule has 0 saturated carbocycles. The van der Waals surface area contributed by atoms with E-state index < -0.39 is 17.6 Å². The molecule has 0 bridgehead atoms. The summed E-state index contributed by atoms with van der Waals surface area (Å²) in [7, 11) is 0. The van der Waals surface area contributed by atoms with E-state index in [0.717, 1.165) is 12.1 Å². The van der Waals surface area contributed by atoms with Crippen LogP contribution in [-0.2, 0) is 4.79 Å². The van der Waals surface area contributed by atoms with E-state index in [1.807, 2.05) is 0 Å². The molecule has 0 spiro atoms. The van der Waals surface area contributed by atoms with Crippen LogP contribution in [0.2, 0.25) is 0 Å². The zero-order chi connectivity index (χ0) is 14.0. The van der Waals surface area contributed by atoms with Crippen LogP contribution >= 0.6 is 0 Å².